The minimum absolute atomic E-state index is 0.274. The van der Waals surface area contributed by atoms with E-state index in [2.05, 4.69) is 16.9 Å². The number of thiazole rings is 1. The molecule has 1 aromatic heterocycles. The molecule has 1 unspecified atom stereocenters. The predicted molar refractivity (Wildman–Crippen MR) is 59.7 cm³/mol. The topological polar surface area (TPSA) is 51.2 Å². The van der Waals surface area contributed by atoms with Crippen LogP contribution >= 0.6 is 11.3 Å². The van der Waals surface area contributed by atoms with Crippen LogP contribution in [0.3, 0.4) is 0 Å². The molecule has 1 aromatic rings. The fraction of sp³-hybridized carbons (Fsp3) is 0.400. The van der Waals surface area contributed by atoms with Crippen molar-refractivity contribution in [1.29, 1.82) is 0 Å². The number of hydrogen-bond acceptors (Lipinski definition) is 5. The molecule has 1 rings (SSSR count). The molecule has 0 saturated heterocycles. The molecule has 0 amide bonds. The molecule has 82 valence electrons. The third-order valence-electron chi connectivity index (χ3n) is 1.72. The minimum atomic E-state index is -0.435. The van der Waals surface area contributed by atoms with Crippen molar-refractivity contribution >= 4 is 17.3 Å². The van der Waals surface area contributed by atoms with E-state index in [1.54, 1.807) is 24.7 Å². The lowest BCUT2D eigenvalue weighted by atomic mass is 10.2. The molecule has 0 fully saturated rings. The van der Waals surface area contributed by atoms with E-state index in [9.17, 15) is 4.79 Å². The molecule has 0 radical (unpaired) electrons. The van der Waals surface area contributed by atoms with E-state index in [1.807, 2.05) is 0 Å². The molecule has 0 aromatic carbocycles. The van der Waals surface area contributed by atoms with Crippen LogP contribution in [0.15, 0.2) is 24.4 Å². The van der Waals surface area contributed by atoms with Gasteiger partial charge in [0.2, 0.25) is 0 Å². The van der Waals surface area contributed by atoms with Gasteiger partial charge in [-0.2, -0.15) is 0 Å². The van der Waals surface area contributed by atoms with Gasteiger partial charge in [-0.15, -0.1) is 17.9 Å². The minimum Gasteiger partial charge on any atom is -0.465 e. The lowest BCUT2D eigenvalue weighted by Crippen LogP contribution is -2.29. The lowest BCUT2D eigenvalue weighted by Gasteiger charge is -2.13. The van der Waals surface area contributed by atoms with Crippen LogP contribution in [0.2, 0.25) is 0 Å². The van der Waals surface area contributed by atoms with Gasteiger partial charge < -0.3 is 4.74 Å². The first-order valence-corrected chi connectivity index (χ1v) is 5.56. The average molecular weight is 226 g/mol. The number of rotatable bonds is 6. The van der Waals surface area contributed by atoms with Crippen LogP contribution in [0.4, 0.5) is 0 Å². The summed E-state index contributed by atoms with van der Waals surface area (Å²) in [5.74, 6) is -0.274. The Bertz CT molecular complexity index is 311. The molecule has 4 nitrogen and oxygen atoms in total. The number of hydrogen-bond donors (Lipinski definition) is 1. The van der Waals surface area contributed by atoms with Gasteiger partial charge in [0, 0.05) is 12.7 Å². The molecule has 0 aliphatic heterocycles. The highest BCUT2D eigenvalue weighted by atomic mass is 32.1. The largest absolute Gasteiger partial charge is 0.465 e. The van der Waals surface area contributed by atoms with Crippen molar-refractivity contribution in [2.75, 3.05) is 13.2 Å². The predicted octanol–water partition coefficient (Wildman–Crippen LogP) is 1.52. The van der Waals surface area contributed by atoms with Gasteiger partial charge >= 0.3 is 5.97 Å². The molecular formula is C10H14N2O2S. The molecule has 15 heavy (non-hydrogen) atoms. The zero-order valence-corrected chi connectivity index (χ0v) is 9.42. The number of nitrogens with one attached hydrogen (secondary N) is 1. The van der Waals surface area contributed by atoms with E-state index in [4.69, 9.17) is 4.74 Å². The normalized spacial score (nSPS) is 12.1. The molecule has 1 atom stereocenters. The molecule has 0 aliphatic carbocycles. The summed E-state index contributed by atoms with van der Waals surface area (Å²) in [6.07, 6.45) is 3.37. The monoisotopic (exact) mass is 226 g/mol. The third kappa shape index (κ3) is 3.45. The fourth-order valence-electron chi connectivity index (χ4n) is 1.10. The Kier molecular flexibility index (Phi) is 5.00. The van der Waals surface area contributed by atoms with Gasteiger partial charge in [-0.3, -0.25) is 10.3 Å². The van der Waals surface area contributed by atoms with Crippen molar-refractivity contribution < 1.29 is 9.53 Å². The Labute approximate surface area is 93.0 Å². The Morgan fingerprint density at radius 2 is 2.67 bits per heavy atom. The summed E-state index contributed by atoms with van der Waals surface area (Å²) in [5.41, 5.74) is 1.69. The first-order chi connectivity index (χ1) is 7.29. The van der Waals surface area contributed by atoms with Gasteiger partial charge in [-0.1, -0.05) is 6.08 Å². The van der Waals surface area contributed by atoms with Gasteiger partial charge in [0.05, 0.1) is 17.0 Å². The van der Waals surface area contributed by atoms with E-state index in [1.165, 1.54) is 11.3 Å². The highest BCUT2D eigenvalue weighted by molar-refractivity contribution is 7.09. The Hall–Kier alpha value is -1.20. The summed E-state index contributed by atoms with van der Waals surface area (Å²) >= 11 is 1.43. The van der Waals surface area contributed by atoms with Crippen LogP contribution in [0, 0.1) is 0 Å². The number of carbonyl (C=O) groups excluding carboxylic acids is 1. The molecule has 1 heterocycles. The van der Waals surface area contributed by atoms with Gasteiger partial charge in [-0.05, 0) is 6.92 Å². The molecule has 0 bridgehead atoms. The molecule has 5 heteroatoms. The average Bonchev–Trinajstić information content (AvgIpc) is 2.72. The number of aromatic nitrogens is 1. The van der Waals surface area contributed by atoms with Crippen molar-refractivity contribution in [3.8, 4) is 0 Å². The smallest absolute Gasteiger partial charge is 0.328 e. The summed E-state index contributed by atoms with van der Waals surface area (Å²) in [7, 11) is 0. The van der Waals surface area contributed by atoms with Gasteiger partial charge in [-0.25, -0.2) is 4.79 Å². The number of esters is 1. The molecule has 0 spiro atoms. The van der Waals surface area contributed by atoms with Crippen LogP contribution in [0.5, 0.6) is 0 Å². The zero-order chi connectivity index (χ0) is 11.1. The van der Waals surface area contributed by atoms with Crippen LogP contribution in [0.1, 0.15) is 17.8 Å². The number of carbonyl (C=O) groups is 1. The van der Waals surface area contributed by atoms with E-state index >= 15 is 0 Å². The van der Waals surface area contributed by atoms with Gasteiger partial charge in [0.15, 0.2) is 0 Å². The van der Waals surface area contributed by atoms with E-state index in [0.717, 1.165) is 4.88 Å². The second kappa shape index (κ2) is 6.31. The summed E-state index contributed by atoms with van der Waals surface area (Å²) in [6.45, 7) is 6.32. The van der Waals surface area contributed by atoms with Gasteiger partial charge in [0.1, 0.15) is 6.04 Å². The first-order valence-electron chi connectivity index (χ1n) is 4.69. The lowest BCUT2D eigenvalue weighted by molar-refractivity contribution is -0.145. The van der Waals surface area contributed by atoms with Crippen molar-refractivity contribution in [2.24, 2.45) is 0 Å². The molecule has 0 aliphatic rings. The zero-order valence-electron chi connectivity index (χ0n) is 8.60. The van der Waals surface area contributed by atoms with Crippen LogP contribution in [0.25, 0.3) is 0 Å². The second-order valence-corrected chi connectivity index (χ2v) is 3.70. The quantitative estimate of drug-likeness (QED) is 0.590. The standard InChI is InChI=1S/C10H14N2O2S/c1-3-5-12-9(10(13)14-4-2)8-6-11-7-15-8/h3,6-7,9,12H,1,4-5H2,2H3. The highest BCUT2D eigenvalue weighted by Gasteiger charge is 2.21. The maximum atomic E-state index is 11.6. The number of nitrogens with zero attached hydrogens (tertiary/aromatic N) is 1. The van der Waals surface area contributed by atoms with E-state index in [-0.39, 0.29) is 5.97 Å². The van der Waals surface area contributed by atoms with Crippen molar-refractivity contribution in [2.45, 2.75) is 13.0 Å². The molecular weight excluding hydrogens is 212 g/mol. The van der Waals surface area contributed by atoms with E-state index in [0.29, 0.717) is 13.2 Å². The molecule has 1 N–H and O–H groups in total. The van der Waals surface area contributed by atoms with Crippen LogP contribution in [-0.2, 0) is 9.53 Å². The van der Waals surface area contributed by atoms with Crippen molar-refractivity contribution in [1.82, 2.24) is 10.3 Å². The van der Waals surface area contributed by atoms with Crippen molar-refractivity contribution in [3.63, 3.8) is 0 Å². The van der Waals surface area contributed by atoms with E-state index < -0.39 is 6.04 Å². The SMILES string of the molecule is C=CCNC(C(=O)OCC)c1cncs1. The third-order valence-corrected chi connectivity index (χ3v) is 2.56. The summed E-state index contributed by atoms with van der Waals surface area (Å²) < 4.78 is 4.97. The maximum Gasteiger partial charge on any atom is 0.328 e. The highest BCUT2D eigenvalue weighted by Crippen LogP contribution is 2.18. The fourth-order valence-corrected chi connectivity index (χ4v) is 1.78. The van der Waals surface area contributed by atoms with Crippen LogP contribution in [-0.4, -0.2) is 24.1 Å². The maximum absolute atomic E-state index is 11.6. The Balaban J connectivity index is 2.69. The Morgan fingerprint density at radius 3 is 3.20 bits per heavy atom. The van der Waals surface area contributed by atoms with Crippen LogP contribution < -0.4 is 5.32 Å². The summed E-state index contributed by atoms with van der Waals surface area (Å²) in [6, 6.07) is -0.435. The summed E-state index contributed by atoms with van der Waals surface area (Å²) in [5, 5.41) is 3.03. The number of ether oxygens (including phenoxy) is 1. The van der Waals surface area contributed by atoms with Gasteiger partial charge in [0.25, 0.3) is 0 Å². The summed E-state index contributed by atoms with van der Waals surface area (Å²) in [4.78, 5) is 16.4. The molecule has 0 saturated carbocycles. The second-order valence-electron chi connectivity index (χ2n) is 2.79. The van der Waals surface area contributed by atoms with Crippen molar-refractivity contribution in [3.05, 3.63) is 29.2 Å². The first kappa shape index (κ1) is 11.9. The Morgan fingerprint density at radius 1 is 1.87 bits per heavy atom.